The van der Waals surface area contributed by atoms with Gasteiger partial charge in [0.15, 0.2) is 0 Å². The van der Waals surface area contributed by atoms with Gasteiger partial charge in [-0.3, -0.25) is 9.47 Å². The van der Waals surface area contributed by atoms with E-state index >= 15 is 0 Å². The Kier molecular flexibility index (Phi) is 7.33. The van der Waals surface area contributed by atoms with E-state index in [9.17, 15) is 26.3 Å². The van der Waals surface area contributed by atoms with Crippen molar-refractivity contribution in [2.75, 3.05) is 13.2 Å². The van der Waals surface area contributed by atoms with Crippen LogP contribution in [0.5, 0.6) is 0 Å². The highest BCUT2D eigenvalue weighted by molar-refractivity contribution is 5.92. The maximum absolute atomic E-state index is 13.2. The highest BCUT2D eigenvalue weighted by Gasteiger charge is 2.50. The van der Waals surface area contributed by atoms with Crippen molar-refractivity contribution in [2.24, 2.45) is 0 Å². The third-order valence-electron chi connectivity index (χ3n) is 9.43. The fourth-order valence-electron chi connectivity index (χ4n) is 7.73. The molecule has 0 unspecified atom stereocenters. The second-order valence-corrected chi connectivity index (χ2v) is 11.7. The quantitative estimate of drug-likeness (QED) is 0.156. The second-order valence-electron chi connectivity index (χ2n) is 11.7. The lowest BCUT2D eigenvalue weighted by Crippen LogP contribution is -2.32. The summed E-state index contributed by atoms with van der Waals surface area (Å²) in [5, 5.41) is 0. The first-order chi connectivity index (χ1) is 22.0. The predicted octanol–water partition coefficient (Wildman–Crippen LogP) is 10.2. The zero-order valence-corrected chi connectivity index (χ0v) is 24.5. The Morgan fingerprint density at radius 1 is 0.435 bits per heavy atom. The van der Waals surface area contributed by atoms with Gasteiger partial charge in [0, 0.05) is 5.41 Å². The molecule has 7 rings (SSSR count). The summed E-state index contributed by atoms with van der Waals surface area (Å²) in [6.07, 6.45) is -10.2. The van der Waals surface area contributed by atoms with Crippen LogP contribution in [-0.2, 0) is 20.3 Å². The highest BCUT2D eigenvalue weighted by Crippen LogP contribution is 2.61. The molecule has 0 saturated carbocycles. The van der Waals surface area contributed by atoms with E-state index in [0.29, 0.717) is 11.1 Å². The second kappa shape index (κ2) is 11.1. The molecule has 0 N–H and O–H groups in total. The molecule has 5 aromatic rings. The molecule has 5 aromatic carbocycles. The molecule has 0 atom stereocenters. The van der Waals surface area contributed by atoms with Crippen molar-refractivity contribution in [1.29, 1.82) is 0 Å². The molecule has 46 heavy (non-hydrogen) atoms. The van der Waals surface area contributed by atoms with Crippen molar-refractivity contribution in [3.05, 3.63) is 155 Å². The van der Waals surface area contributed by atoms with E-state index < -0.39 is 36.8 Å². The Labute approximate surface area is 262 Å². The predicted molar refractivity (Wildman–Crippen MR) is 163 cm³/mol. The Hall–Kier alpha value is -4.40. The van der Waals surface area contributed by atoms with Crippen LogP contribution < -0.4 is 0 Å². The van der Waals surface area contributed by atoms with Gasteiger partial charge in [-0.25, -0.2) is 0 Å². The normalized spacial score (nSPS) is 15.6. The maximum atomic E-state index is 13.2. The fraction of sp³-hybridized carbons (Fsp3) is 0.211. The number of rotatable bonds is 8. The first-order valence-corrected chi connectivity index (χ1v) is 15.0. The molecule has 2 aliphatic rings. The third kappa shape index (κ3) is 4.91. The summed E-state index contributed by atoms with van der Waals surface area (Å²) >= 11 is 0. The first kappa shape index (κ1) is 30.3. The summed E-state index contributed by atoms with van der Waals surface area (Å²) in [6, 6.07) is 39.7. The lowest BCUT2D eigenvalue weighted by molar-refractivity contribution is -0.327. The van der Waals surface area contributed by atoms with Crippen molar-refractivity contribution in [3.63, 3.8) is 0 Å². The Balaban J connectivity index is 1.51. The maximum Gasteiger partial charge on any atom is 0.522 e. The molecule has 0 fully saturated rings. The molecule has 0 radical (unpaired) electrons. The molecule has 0 bridgehead atoms. The Morgan fingerprint density at radius 2 is 0.848 bits per heavy atom. The summed E-state index contributed by atoms with van der Waals surface area (Å²) < 4.78 is 87.7. The van der Waals surface area contributed by atoms with Crippen molar-refractivity contribution in [1.82, 2.24) is 0 Å². The highest BCUT2D eigenvalue weighted by atomic mass is 19.4. The number of hydrogen-bond donors (Lipinski definition) is 0. The van der Waals surface area contributed by atoms with Gasteiger partial charge >= 0.3 is 12.7 Å². The van der Waals surface area contributed by atoms with Gasteiger partial charge in [-0.1, -0.05) is 109 Å². The largest absolute Gasteiger partial charge is 0.522 e. The summed E-state index contributed by atoms with van der Waals surface area (Å²) in [7, 11) is 0. The van der Waals surface area contributed by atoms with Crippen molar-refractivity contribution in [2.45, 2.75) is 36.4 Å². The van der Waals surface area contributed by atoms with Crippen molar-refractivity contribution in [3.8, 4) is 22.3 Å². The summed E-state index contributed by atoms with van der Waals surface area (Å²) in [4.78, 5) is 0. The van der Waals surface area contributed by atoms with Gasteiger partial charge < -0.3 is 0 Å². The van der Waals surface area contributed by atoms with Crippen LogP contribution in [0, 0.1) is 0 Å². The molecular formula is C38H28F6O2. The lowest BCUT2D eigenvalue weighted by Gasteiger charge is -2.35. The number of hydrogen-bond acceptors (Lipinski definition) is 2. The Morgan fingerprint density at radius 3 is 1.37 bits per heavy atom. The molecule has 0 aliphatic heterocycles. The van der Waals surface area contributed by atoms with Gasteiger partial charge in [-0.2, -0.15) is 0 Å². The minimum absolute atomic E-state index is 0.194. The van der Waals surface area contributed by atoms with Crippen LogP contribution in [0.4, 0.5) is 26.3 Å². The number of fused-ring (bicyclic) bond motifs is 6. The molecule has 234 valence electrons. The SMILES string of the molecule is FC(F)(F)OCCC1(CCOC(F)(F)F)c2ccccc2-c2cc3c(cc21)-c1ccccc1C3(c1ccccc1)c1ccccc1. The van der Waals surface area contributed by atoms with Crippen LogP contribution in [0.2, 0.25) is 0 Å². The molecule has 0 saturated heterocycles. The number of ether oxygens (including phenoxy) is 2. The van der Waals surface area contributed by atoms with Crippen LogP contribution in [-0.4, -0.2) is 25.9 Å². The molecule has 0 spiro atoms. The van der Waals surface area contributed by atoms with Crippen LogP contribution in [0.15, 0.2) is 121 Å². The average molecular weight is 631 g/mol. The van der Waals surface area contributed by atoms with Crippen molar-refractivity contribution < 1.29 is 35.8 Å². The molecule has 0 heterocycles. The number of alkyl halides is 6. The minimum atomic E-state index is -4.88. The van der Waals surface area contributed by atoms with E-state index in [4.69, 9.17) is 0 Å². The fourth-order valence-corrected chi connectivity index (χ4v) is 7.73. The molecule has 0 aromatic heterocycles. The zero-order chi connectivity index (χ0) is 32.2. The molecular weight excluding hydrogens is 602 g/mol. The molecule has 0 amide bonds. The van der Waals surface area contributed by atoms with Gasteiger partial charge in [0.25, 0.3) is 0 Å². The standard InChI is InChI=1S/C38H28F6O2/c39-37(40,41)45-21-19-35(20-22-46-38(42,43)44)31-17-9-7-15-27(31)29-24-34-30(23-33(29)35)28-16-8-10-18-32(28)36(34,25-11-3-1-4-12-25)26-13-5-2-6-14-26/h1-18,23-24H,19-22H2. The smallest absolute Gasteiger partial charge is 0.292 e. The third-order valence-corrected chi connectivity index (χ3v) is 9.43. The summed E-state index contributed by atoms with van der Waals surface area (Å²) in [6.45, 7) is -1.45. The molecule has 2 aliphatic carbocycles. The van der Waals surface area contributed by atoms with E-state index in [2.05, 4.69) is 45.9 Å². The minimum Gasteiger partial charge on any atom is -0.292 e. The lowest BCUT2D eigenvalue weighted by atomic mass is 9.67. The van der Waals surface area contributed by atoms with E-state index in [1.807, 2.05) is 72.8 Å². The first-order valence-electron chi connectivity index (χ1n) is 15.0. The topological polar surface area (TPSA) is 18.5 Å². The van der Waals surface area contributed by atoms with Crippen LogP contribution in [0.3, 0.4) is 0 Å². The zero-order valence-electron chi connectivity index (χ0n) is 24.5. The van der Waals surface area contributed by atoms with Crippen molar-refractivity contribution >= 4 is 0 Å². The average Bonchev–Trinajstić information content (AvgIpc) is 3.47. The van der Waals surface area contributed by atoms with Crippen LogP contribution in [0.1, 0.15) is 46.2 Å². The number of halogens is 6. The van der Waals surface area contributed by atoms with Gasteiger partial charge in [0.1, 0.15) is 0 Å². The number of benzene rings is 5. The van der Waals surface area contributed by atoms with E-state index in [-0.39, 0.29) is 12.8 Å². The molecule has 8 heteroatoms. The van der Waals surface area contributed by atoms with Gasteiger partial charge in [-0.15, -0.1) is 26.3 Å². The monoisotopic (exact) mass is 630 g/mol. The van der Waals surface area contributed by atoms with Gasteiger partial charge in [-0.05, 0) is 80.6 Å². The van der Waals surface area contributed by atoms with Gasteiger partial charge in [0.05, 0.1) is 18.6 Å². The molecule has 2 nitrogen and oxygen atoms in total. The van der Waals surface area contributed by atoms with E-state index in [1.165, 1.54) is 0 Å². The van der Waals surface area contributed by atoms with Crippen LogP contribution >= 0.6 is 0 Å². The van der Waals surface area contributed by atoms with Gasteiger partial charge in [0.2, 0.25) is 0 Å². The summed E-state index contributed by atoms with van der Waals surface area (Å²) in [5.74, 6) is 0. The van der Waals surface area contributed by atoms with Crippen LogP contribution in [0.25, 0.3) is 22.3 Å². The Bertz CT molecular complexity index is 1820. The van der Waals surface area contributed by atoms with E-state index in [0.717, 1.165) is 44.5 Å². The summed E-state index contributed by atoms with van der Waals surface area (Å²) in [5.41, 5.74) is 6.88. The van der Waals surface area contributed by atoms with E-state index in [1.54, 1.807) is 12.1 Å².